The molecule has 1 fully saturated rings. The summed E-state index contributed by atoms with van der Waals surface area (Å²) in [6, 6.07) is 0. The summed E-state index contributed by atoms with van der Waals surface area (Å²) in [7, 11) is 0. The zero-order valence-corrected chi connectivity index (χ0v) is 9.28. The highest BCUT2D eigenvalue weighted by molar-refractivity contribution is 7.17. The number of anilines is 1. The van der Waals surface area contributed by atoms with E-state index in [0.29, 0.717) is 10.0 Å². The van der Waals surface area contributed by atoms with Crippen LogP contribution in [0.25, 0.3) is 0 Å². The molecule has 76 valence electrons. The van der Waals surface area contributed by atoms with Gasteiger partial charge < -0.3 is 5.73 Å². The summed E-state index contributed by atoms with van der Waals surface area (Å²) in [6.45, 7) is 4.00. The smallest absolute Gasteiger partial charge is 0.197 e. The molecule has 4 heteroatoms. The number of nitrogens with zero attached hydrogens (tertiary/aromatic N) is 1. The molecule has 0 amide bonds. The summed E-state index contributed by atoms with van der Waals surface area (Å²) in [5.74, 6) is 0.175. The van der Waals surface area contributed by atoms with Crippen LogP contribution in [-0.4, -0.2) is 10.8 Å². The zero-order chi connectivity index (χ0) is 10.3. The van der Waals surface area contributed by atoms with Crippen molar-refractivity contribution in [2.45, 2.75) is 33.1 Å². The van der Waals surface area contributed by atoms with E-state index in [1.807, 2.05) is 13.8 Å². The third-order valence-corrected chi connectivity index (χ3v) is 3.73. The number of nitrogen functional groups attached to an aromatic ring is 1. The van der Waals surface area contributed by atoms with E-state index >= 15 is 0 Å². The summed E-state index contributed by atoms with van der Waals surface area (Å²) >= 11 is 1.33. The Morgan fingerprint density at radius 1 is 1.64 bits per heavy atom. The van der Waals surface area contributed by atoms with E-state index in [1.54, 1.807) is 0 Å². The lowest BCUT2D eigenvalue weighted by Gasteiger charge is -2.01. The SMILES string of the molecule is CCc1nc(C(=O)C2(C)CC2)sc1N. The van der Waals surface area contributed by atoms with E-state index in [4.69, 9.17) is 5.73 Å². The summed E-state index contributed by atoms with van der Waals surface area (Å²) in [4.78, 5) is 16.2. The minimum absolute atomic E-state index is 0.130. The van der Waals surface area contributed by atoms with Gasteiger partial charge in [0, 0.05) is 5.41 Å². The third kappa shape index (κ3) is 1.43. The average Bonchev–Trinajstić information content (AvgIpc) is 2.79. The zero-order valence-electron chi connectivity index (χ0n) is 8.46. The van der Waals surface area contributed by atoms with Gasteiger partial charge in [0.15, 0.2) is 10.8 Å². The minimum atomic E-state index is -0.130. The highest BCUT2D eigenvalue weighted by Gasteiger charge is 2.46. The number of rotatable bonds is 3. The lowest BCUT2D eigenvalue weighted by Crippen LogP contribution is -2.11. The van der Waals surface area contributed by atoms with Gasteiger partial charge in [-0.25, -0.2) is 4.98 Å². The molecule has 1 heterocycles. The van der Waals surface area contributed by atoms with Gasteiger partial charge in [-0.15, -0.1) is 0 Å². The first-order valence-electron chi connectivity index (χ1n) is 4.87. The first kappa shape index (κ1) is 9.65. The number of Topliss-reactive ketones (excluding diaryl/α,β-unsaturated/α-hetero) is 1. The van der Waals surface area contributed by atoms with Crippen molar-refractivity contribution in [3.8, 4) is 0 Å². The molecule has 0 unspecified atom stereocenters. The molecule has 14 heavy (non-hydrogen) atoms. The maximum atomic E-state index is 11.9. The molecule has 0 aliphatic heterocycles. The number of carbonyl (C=O) groups is 1. The maximum absolute atomic E-state index is 11.9. The lowest BCUT2D eigenvalue weighted by molar-refractivity contribution is 0.0912. The Morgan fingerprint density at radius 2 is 2.29 bits per heavy atom. The van der Waals surface area contributed by atoms with Crippen molar-refractivity contribution >= 4 is 22.1 Å². The molecule has 1 saturated carbocycles. The number of aryl methyl sites for hydroxylation is 1. The van der Waals surface area contributed by atoms with E-state index in [2.05, 4.69) is 4.98 Å². The number of hydrogen-bond donors (Lipinski definition) is 1. The number of aromatic nitrogens is 1. The van der Waals surface area contributed by atoms with Gasteiger partial charge >= 0.3 is 0 Å². The van der Waals surface area contributed by atoms with Crippen molar-refractivity contribution in [2.24, 2.45) is 5.41 Å². The Balaban J connectivity index is 2.28. The van der Waals surface area contributed by atoms with Gasteiger partial charge in [-0.3, -0.25) is 4.79 Å². The van der Waals surface area contributed by atoms with E-state index < -0.39 is 0 Å². The normalized spacial score (nSPS) is 18.1. The molecule has 2 N–H and O–H groups in total. The van der Waals surface area contributed by atoms with Crippen LogP contribution in [0.5, 0.6) is 0 Å². The Hall–Kier alpha value is -0.900. The van der Waals surface area contributed by atoms with E-state index in [0.717, 1.165) is 25.0 Å². The molecule has 0 saturated heterocycles. The maximum Gasteiger partial charge on any atom is 0.197 e. The molecule has 0 bridgehead atoms. The van der Waals surface area contributed by atoms with Crippen molar-refractivity contribution in [2.75, 3.05) is 5.73 Å². The number of hydrogen-bond acceptors (Lipinski definition) is 4. The van der Waals surface area contributed by atoms with Crippen LogP contribution in [0.3, 0.4) is 0 Å². The van der Waals surface area contributed by atoms with Gasteiger partial charge in [0.2, 0.25) is 0 Å². The average molecular weight is 210 g/mol. The second-order valence-corrected chi connectivity index (χ2v) is 5.10. The fourth-order valence-corrected chi connectivity index (χ4v) is 2.40. The Labute approximate surface area is 87.3 Å². The van der Waals surface area contributed by atoms with Crippen molar-refractivity contribution < 1.29 is 4.79 Å². The predicted molar refractivity (Wildman–Crippen MR) is 57.6 cm³/mol. The monoisotopic (exact) mass is 210 g/mol. The van der Waals surface area contributed by atoms with Crippen LogP contribution in [-0.2, 0) is 6.42 Å². The quantitative estimate of drug-likeness (QED) is 0.779. The van der Waals surface area contributed by atoms with Crippen molar-refractivity contribution in [1.82, 2.24) is 4.98 Å². The number of ketones is 1. The molecule has 1 aliphatic carbocycles. The van der Waals surface area contributed by atoms with Crippen LogP contribution < -0.4 is 5.73 Å². The molecule has 1 aromatic heterocycles. The standard InChI is InChI=1S/C10H14N2OS/c1-3-6-8(11)14-9(12-6)7(13)10(2)4-5-10/h3-5,11H2,1-2H3. The van der Waals surface area contributed by atoms with Gasteiger partial charge in [-0.1, -0.05) is 25.2 Å². The van der Waals surface area contributed by atoms with Gasteiger partial charge in [0.25, 0.3) is 0 Å². The summed E-state index contributed by atoms with van der Waals surface area (Å²) in [5, 5.41) is 1.29. The number of thiazole rings is 1. The van der Waals surface area contributed by atoms with Gasteiger partial charge in [-0.05, 0) is 19.3 Å². The molecular formula is C10H14N2OS. The molecule has 0 spiro atoms. The van der Waals surface area contributed by atoms with Crippen LogP contribution in [0.15, 0.2) is 0 Å². The molecular weight excluding hydrogens is 196 g/mol. The molecule has 2 rings (SSSR count). The van der Waals surface area contributed by atoms with Gasteiger partial charge in [0.05, 0.1) is 5.69 Å². The minimum Gasteiger partial charge on any atom is -0.389 e. The van der Waals surface area contributed by atoms with Crippen molar-refractivity contribution in [3.63, 3.8) is 0 Å². The van der Waals surface area contributed by atoms with E-state index in [1.165, 1.54) is 11.3 Å². The van der Waals surface area contributed by atoms with Crippen LogP contribution in [0.2, 0.25) is 0 Å². The fraction of sp³-hybridized carbons (Fsp3) is 0.600. The van der Waals surface area contributed by atoms with Gasteiger partial charge in [0.1, 0.15) is 5.00 Å². The molecule has 0 aromatic carbocycles. The highest BCUT2D eigenvalue weighted by Crippen LogP contribution is 2.48. The molecule has 0 radical (unpaired) electrons. The summed E-state index contributed by atoms with van der Waals surface area (Å²) in [6.07, 6.45) is 2.78. The molecule has 1 aliphatic rings. The predicted octanol–water partition coefficient (Wildman–Crippen LogP) is 2.27. The Bertz CT molecular complexity index is 379. The van der Waals surface area contributed by atoms with Gasteiger partial charge in [-0.2, -0.15) is 0 Å². The first-order chi connectivity index (χ1) is 6.57. The summed E-state index contributed by atoms with van der Waals surface area (Å²) in [5.41, 5.74) is 6.49. The van der Waals surface area contributed by atoms with Crippen LogP contribution in [0.4, 0.5) is 5.00 Å². The number of nitrogens with two attached hydrogens (primary N) is 1. The first-order valence-corrected chi connectivity index (χ1v) is 5.68. The lowest BCUT2D eigenvalue weighted by atomic mass is 10.1. The van der Waals surface area contributed by atoms with Crippen LogP contribution in [0, 0.1) is 5.41 Å². The van der Waals surface area contributed by atoms with E-state index in [-0.39, 0.29) is 11.2 Å². The second-order valence-electron chi connectivity index (χ2n) is 4.07. The van der Waals surface area contributed by atoms with Crippen LogP contribution >= 0.6 is 11.3 Å². The van der Waals surface area contributed by atoms with Crippen LogP contribution in [0.1, 0.15) is 42.2 Å². The Kier molecular flexibility index (Phi) is 2.10. The molecule has 3 nitrogen and oxygen atoms in total. The Morgan fingerprint density at radius 3 is 2.71 bits per heavy atom. The van der Waals surface area contributed by atoms with E-state index in [9.17, 15) is 4.79 Å². The molecule has 1 aromatic rings. The number of carbonyl (C=O) groups excluding carboxylic acids is 1. The molecule has 0 atom stereocenters. The fourth-order valence-electron chi connectivity index (χ4n) is 1.39. The topological polar surface area (TPSA) is 56.0 Å². The second kappa shape index (κ2) is 3.05. The third-order valence-electron chi connectivity index (χ3n) is 2.80. The highest BCUT2D eigenvalue weighted by atomic mass is 32.1. The van der Waals surface area contributed by atoms with Crippen molar-refractivity contribution in [1.29, 1.82) is 0 Å². The summed E-state index contributed by atoms with van der Waals surface area (Å²) < 4.78 is 0. The largest absolute Gasteiger partial charge is 0.389 e. The van der Waals surface area contributed by atoms with Crippen molar-refractivity contribution in [3.05, 3.63) is 10.7 Å².